The highest BCUT2D eigenvalue weighted by atomic mass is 16.5. The number of hydrogen-bond acceptors (Lipinski definition) is 5. The van der Waals surface area contributed by atoms with E-state index in [-0.39, 0.29) is 10.5 Å². The van der Waals surface area contributed by atoms with Gasteiger partial charge in [0.1, 0.15) is 5.52 Å². The second kappa shape index (κ2) is 9.39. The van der Waals surface area contributed by atoms with Crippen molar-refractivity contribution >= 4 is 28.4 Å². The lowest BCUT2D eigenvalue weighted by Crippen LogP contribution is -2.59. The van der Waals surface area contributed by atoms with E-state index in [1.165, 1.54) is 0 Å². The molecule has 0 spiro atoms. The van der Waals surface area contributed by atoms with Crippen molar-refractivity contribution in [3.05, 3.63) is 18.3 Å². The number of methoxy groups -OCH3 is 1. The third-order valence-electron chi connectivity index (χ3n) is 5.95. The van der Waals surface area contributed by atoms with Gasteiger partial charge in [-0.05, 0) is 32.1 Å². The van der Waals surface area contributed by atoms with E-state index in [4.69, 9.17) is 15.5 Å². The molecule has 0 atom stereocenters. The summed E-state index contributed by atoms with van der Waals surface area (Å²) in [5.74, 6) is 0.514. The van der Waals surface area contributed by atoms with Crippen LogP contribution in [0.4, 0.5) is 16.2 Å². The van der Waals surface area contributed by atoms with E-state index in [1.54, 1.807) is 13.3 Å². The van der Waals surface area contributed by atoms with Gasteiger partial charge in [0.2, 0.25) is 5.88 Å². The molecule has 2 aromatic heterocycles. The first-order valence-electron chi connectivity index (χ1n) is 10.8. The van der Waals surface area contributed by atoms with Crippen LogP contribution >= 0.6 is 0 Å². The molecule has 0 bridgehead atoms. The number of pyridine rings is 2. The summed E-state index contributed by atoms with van der Waals surface area (Å²) in [6.45, 7) is 5.79. The van der Waals surface area contributed by atoms with Gasteiger partial charge in [-0.15, -0.1) is 0 Å². The Labute approximate surface area is 173 Å². The minimum Gasteiger partial charge on any atom is -0.481 e. The van der Waals surface area contributed by atoms with Crippen LogP contribution < -0.4 is 20.3 Å². The number of rotatable bonds is 8. The molecule has 158 valence electrons. The Morgan fingerprint density at radius 1 is 1.21 bits per heavy atom. The molecule has 0 aromatic carbocycles. The summed E-state index contributed by atoms with van der Waals surface area (Å²) in [6.07, 6.45) is 9.21. The molecule has 1 fully saturated rings. The second-order valence-electron chi connectivity index (χ2n) is 7.97. The molecule has 7 nitrogen and oxygen atoms in total. The zero-order valence-corrected chi connectivity index (χ0v) is 17.9. The van der Waals surface area contributed by atoms with E-state index >= 15 is 0 Å². The summed E-state index contributed by atoms with van der Waals surface area (Å²) in [5.41, 5.74) is 9.12. The lowest BCUT2D eigenvalue weighted by Gasteiger charge is -2.36. The van der Waals surface area contributed by atoms with Crippen molar-refractivity contribution in [1.29, 1.82) is 0 Å². The van der Waals surface area contributed by atoms with Gasteiger partial charge in [0.15, 0.2) is 11.2 Å². The Balaban J connectivity index is 2.15. The summed E-state index contributed by atoms with van der Waals surface area (Å²) in [4.78, 5) is 21.9. The van der Waals surface area contributed by atoms with Gasteiger partial charge in [-0.3, -0.25) is 4.98 Å². The molecule has 7 heteroatoms. The number of carbonyl (C=O) groups excluding carboxylic acids is 1. The van der Waals surface area contributed by atoms with Crippen molar-refractivity contribution in [2.45, 2.75) is 64.8 Å². The highest BCUT2D eigenvalue weighted by Crippen LogP contribution is 2.37. The van der Waals surface area contributed by atoms with Crippen LogP contribution in [0.1, 0.15) is 58.8 Å². The molecular formula is C22H34N5O2+. The average Bonchev–Trinajstić information content (AvgIpc) is 2.74. The Hall–Kier alpha value is -2.41. The van der Waals surface area contributed by atoms with Crippen molar-refractivity contribution < 1.29 is 9.53 Å². The molecule has 29 heavy (non-hydrogen) atoms. The number of nitrogens with two attached hydrogens (primary N) is 1. The predicted octanol–water partition coefficient (Wildman–Crippen LogP) is 4.59. The number of hydrogen-bond donors (Lipinski definition) is 2. The Kier molecular flexibility index (Phi) is 6.90. The third-order valence-corrected chi connectivity index (χ3v) is 5.95. The van der Waals surface area contributed by atoms with Crippen LogP contribution in [0.2, 0.25) is 0 Å². The molecule has 2 aromatic rings. The molecule has 0 radical (unpaired) electrons. The van der Waals surface area contributed by atoms with Gasteiger partial charge in [-0.25, -0.2) is 14.3 Å². The number of piperidine rings is 1. The number of likely N-dealkylation sites (tertiary alicyclic amines) is 1. The van der Waals surface area contributed by atoms with Crippen molar-refractivity contribution in [1.82, 2.24) is 14.5 Å². The van der Waals surface area contributed by atoms with Crippen molar-refractivity contribution in [2.75, 3.05) is 25.5 Å². The number of aromatic nitrogens is 2. The zero-order chi connectivity index (χ0) is 20.9. The van der Waals surface area contributed by atoms with E-state index < -0.39 is 0 Å². The van der Waals surface area contributed by atoms with Crippen molar-refractivity contribution in [2.24, 2.45) is 5.73 Å². The van der Waals surface area contributed by atoms with Gasteiger partial charge in [-0.1, -0.05) is 26.7 Å². The number of anilines is 1. The van der Waals surface area contributed by atoms with Gasteiger partial charge >= 0.3 is 6.03 Å². The predicted molar refractivity (Wildman–Crippen MR) is 118 cm³/mol. The number of primary amides is 1. The van der Waals surface area contributed by atoms with Crippen LogP contribution in [0.25, 0.3) is 11.0 Å². The van der Waals surface area contributed by atoms with Gasteiger partial charge < -0.3 is 15.8 Å². The maximum absolute atomic E-state index is 12.6. The quantitative estimate of drug-likeness (QED) is 0.633. The Morgan fingerprint density at radius 3 is 2.48 bits per heavy atom. The molecule has 0 saturated carbocycles. The van der Waals surface area contributed by atoms with Crippen LogP contribution in [-0.4, -0.2) is 42.2 Å². The Morgan fingerprint density at radius 2 is 1.90 bits per heavy atom. The van der Waals surface area contributed by atoms with Crippen molar-refractivity contribution in [3.63, 3.8) is 0 Å². The fourth-order valence-electron chi connectivity index (χ4n) is 4.48. The lowest BCUT2D eigenvalue weighted by atomic mass is 10.0. The van der Waals surface area contributed by atoms with Gasteiger partial charge in [0.25, 0.3) is 0 Å². The van der Waals surface area contributed by atoms with E-state index in [0.29, 0.717) is 30.5 Å². The molecule has 0 unspecified atom stereocenters. The number of amides is 2. The van der Waals surface area contributed by atoms with Gasteiger partial charge in [0.05, 0.1) is 25.9 Å². The summed E-state index contributed by atoms with van der Waals surface area (Å²) >= 11 is 0. The van der Waals surface area contributed by atoms with Crippen molar-refractivity contribution in [3.8, 4) is 5.88 Å². The Bertz CT molecular complexity index is 842. The largest absolute Gasteiger partial charge is 0.481 e. The average molecular weight is 401 g/mol. The van der Waals surface area contributed by atoms with Crippen LogP contribution in [0.3, 0.4) is 0 Å². The number of urea groups is 1. The molecule has 1 aliphatic heterocycles. The molecular weight excluding hydrogens is 366 g/mol. The monoisotopic (exact) mass is 400 g/mol. The van der Waals surface area contributed by atoms with Crippen LogP contribution in [0.15, 0.2) is 18.3 Å². The topological polar surface area (TPSA) is 90.1 Å². The maximum atomic E-state index is 12.6. The number of nitrogens with zero attached hydrogens (tertiary/aromatic N) is 3. The maximum Gasteiger partial charge on any atom is 0.419 e. The zero-order valence-electron chi connectivity index (χ0n) is 17.9. The molecule has 1 saturated heterocycles. The fourth-order valence-corrected chi connectivity index (χ4v) is 4.48. The first-order chi connectivity index (χ1) is 14.1. The molecule has 3 N–H and O–H groups in total. The van der Waals surface area contributed by atoms with Gasteiger partial charge in [0, 0.05) is 24.4 Å². The smallest absolute Gasteiger partial charge is 0.419 e. The van der Waals surface area contributed by atoms with E-state index in [1.807, 2.05) is 12.1 Å². The molecule has 3 rings (SSSR count). The first kappa shape index (κ1) is 21.3. The number of carbonyl (C=O) groups is 1. The van der Waals surface area contributed by atoms with E-state index in [9.17, 15) is 4.79 Å². The summed E-state index contributed by atoms with van der Waals surface area (Å²) in [7, 11) is 1.61. The summed E-state index contributed by atoms with van der Waals surface area (Å²) in [5, 5.41) is 3.66. The van der Waals surface area contributed by atoms with Gasteiger partial charge in [-0.2, -0.15) is 0 Å². The summed E-state index contributed by atoms with van der Waals surface area (Å²) < 4.78 is 5.63. The SMILES string of the molecule is CCCC(CCC)Nc1cc(OC)nc2c([N+]3(C(N)=O)CCCCC3)ccnc12. The number of nitrogens with one attached hydrogen (secondary N) is 1. The number of quaternary nitrogens is 1. The number of ether oxygens (including phenoxy) is 1. The van der Waals surface area contributed by atoms with Crippen LogP contribution in [0, 0.1) is 0 Å². The molecule has 2 amide bonds. The standard InChI is InChI=1S/C22H33N5O2/c1-4-9-16(10-5-2)25-17-15-19(29-3)26-21-18(11-12-24-20(17)21)27(22(23)28)13-7-6-8-14-27/h11-12,15-16H,4-10,13-14H2,1-3H3,(H2-,23,25,26,28)/p+1. The summed E-state index contributed by atoms with van der Waals surface area (Å²) in [6, 6.07) is 3.83. The highest BCUT2D eigenvalue weighted by molar-refractivity contribution is 6.00. The highest BCUT2D eigenvalue weighted by Gasteiger charge is 2.41. The normalized spacial score (nSPS) is 16.1. The second-order valence-corrected chi connectivity index (χ2v) is 7.97. The lowest BCUT2D eigenvalue weighted by molar-refractivity contribution is 0.196. The molecule has 1 aliphatic rings. The minimum absolute atomic E-state index is 0.131. The minimum atomic E-state index is -0.328. The molecule has 3 heterocycles. The fraction of sp³-hybridized carbons (Fsp3) is 0.591. The van der Waals surface area contributed by atoms with E-state index in [2.05, 4.69) is 24.1 Å². The van der Waals surface area contributed by atoms with Crippen LogP contribution in [0.5, 0.6) is 5.88 Å². The third kappa shape index (κ3) is 4.29. The van der Waals surface area contributed by atoms with E-state index in [0.717, 1.165) is 61.8 Å². The first-order valence-corrected chi connectivity index (χ1v) is 10.8. The molecule has 0 aliphatic carbocycles. The van der Waals surface area contributed by atoms with Crippen LogP contribution in [-0.2, 0) is 0 Å². The number of fused-ring (bicyclic) bond motifs is 1.